The lowest BCUT2D eigenvalue weighted by atomic mass is 10.1. The molecule has 0 fully saturated rings. The van der Waals surface area contributed by atoms with Gasteiger partial charge in [0.1, 0.15) is 0 Å². The smallest absolute Gasteiger partial charge is 0.274 e. The summed E-state index contributed by atoms with van der Waals surface area (Å²) in [5, 5.41) is 0. The van der Waals surface area contributed by atoms with Crippen LogP contribution in [0.2, 0.25) is 0 Å². The van der Waals surface area contributed by atoms with Gasteiger partial charge in [0.15, 0.2) is 0 Å². The van der Waals surface area contributed by atoms with Gasteiger partial charge in [0.2, 0.25) is 0 Å². The van der Waals surface area contributed by atoms with Crippen LogP contribution in [-0.2, 0) is 11.0 Å². The average molecular weight is 248 g/mol. The zero-order valence-electron chi connectivity index (χ0n) is 9.26. The standard InChI is InChI=1S/C10H11F3N2O2/c1-3-17-15-9(16)8-6(2)14-5-4-7(8)10(11,12)13/h4-5H,3H2,1-2H3,(H,15,16). The number of aromatic nitrogens is 1. The van der Waals surface area contributed by atoms with Crippen molar-refractivity contribution in [2.45, 2.75) is 20.0 Å². The molecule has 1 amide bonds. The van der Waals surface area contributed by atoms with Gasteiger partial charge in [0.05, 0.1) is 23.4 Å². The lowest BCUT2D eigenvalue weighted by Gasteiger charge is -2.13. The Balaban J connectivity index is 3.17. The molecule has 1 rings (SSSR count). The Morgan fingerprint density at radius 1 is 1.53 bits per heavy atom. The molecule has 1 aromatic rings. The normalized spacial score (nSPS) is 11.4. The second-order valence-corrected chi connectivity index (χ2v) is 3.18. The van der Waals surface area contributed by atoms with Crippen molar-refractivity contribution in [1.29, 1.82) is 0 Å². The molecule has 1 aromatic heterocycles. The van der Waals surface area contributed by atoms with Crippen LogP contribution in [0.1, 0.15) is 28.5 Å². The number of hydroxylamine groups is 1. The van der Waals surface area contributed by atoms with E-state index in [1.165, 1.54) is 6.92 Å². The molecular weight excluding hydrogens is 237 g/mol. The highest BCUT2D eigenvalue weighted by atomic mass is 19.4. The monoisotopic (exact) mass is 248 g/mol. The number of carbonyl (C=O) groups excluding carboxylic acids is 1. The first-order valence-electron chi connectivity index (χ1n) is 4.82. The van der Waals surface area contributed by atoms with Gasteiger partial charge in [-0.05, 0) is 19.9 Å². The summed E-state index contributed by atoms with van der Waals surface area (Å²) in [6.45, 7) is 3.09. The maximum absolute atomic E-state index is 12.7. The first-order chi connectivity index (χ1) is 7.88. The second kappa shape index (κ2) is 5.13. The van der Waals surface area contributed by atoms with E-state index >= 15 is 0 Å². The van der Waals surface area contributed by atoms with Gasteiger partial charge < -0.3 is 0 Å². The van der Waals surface area contributed by atoms with Gasteiger partial charge in [-0.1, -0.05) is 0 Å². The summed E-state index contributed by atoms with van der Waals surface area (Å²) in [6, 6.07) is 0.758. The number of alkyl halides is 3. The summed E-state index contributed by atoms with van der Waals surface area (Å²) in [5.41, 5.74) is 0.375. The van der Waals surface area contributed by atoms with Gasteiger partial charge in [-0.2, -0.15) is 13.2 Å². The number of carbonyl (C=O) groups is 1. The first kappa shape index (κ1) is 13.4. The van der Waals surface area contributed by atoms with Crippen LogP contribution in [0.4, 0.5) is 13.2 Å². The predicted octanol–water partition coefficient (Wildman–Crippen LogP) is 2.09. The van der Waals surface area contributed by atoms with Gasteiger partial charge in [-0.25, -0.2) is 5.48 Å². The van der Waals surface area contributed by atoms with E-state index in [4.69, 9.17) is 0 Å². The maximum Gasteiger partial charge on any atom is 0.417 e. The Morgan fingerprint density at radius 2 is 2.18 bits per heavy atom. The number of hydrogen-bond acceptors (Lipinski definition) is 3. The molecule has 17 heavy (non-hydrogen) atoms. The predicted molar refractivity (Wildman–Crippen MR) is 53.1 cm³/mol. The molecule has 0 saturated heterocycles. The molecule has 0 aliphatic rings. The average Bonchev–Trinajstić information content (AvgIpc) is 2.24. The fraction of sp³-hybridized carbons (Fsp3) is 0.400. The highest BCUT2D eigenvalue weighted by Gasteiger charge is 2.36. The van der Waals surface area contributed by atoms with Crippen LogP contribution < -0.4 is 5.48 Å². The van der Waals surface area contributed by atoms with Crippen LogP contribution in [-0.4, -0.2) is 17.5 Å². The third-order valence-corrected chi connectivity index (χ3v) is 1.98. The molecule has 0 unspecified atom stereocenters. The fourth-order valence-electron chi connectivity index (χ4n) is 1.28. The van der Waals surface area contributed by atoms with Gasteiger partial charge in [0.25, 0.3) is 5.91 Å². The molecule has 0 bridgehead atoms. The molecule has 0 atom stereocenters. The number of halogens is 3. The van der Waals surface area contributed by atoms with E-state index in [0.717, 1.165) is 12.3 Å². The Hall–Kier alpha value is -1.63. The molecule has 1 N–H and O–H groups in total. The highest BCUT2D eigenvalue weighted by Crippen LogP contribution is 2.32. The third-order valence-electron chi connectivity index (χ3n) is 1.98. The van der Waals surface area contributed by atoms with Crippen molar-refractivity contribution in [3.05, 3.63) is 29.1 Å². The summed E-state index contributed by atoms with van der Waals surface area (Å²) < 4.78 is 38.0. The lowest BCUT2D eigenvalue weighted by Crippen LogP contribution is -2.27. The summed E-state index contributed by atoms with van der Waals surface area (Å²) in [4.78, 5) is 19.8. The Morgan fingerprint density at radius 3 is 2.71 bits per heavy atom. The Bertz CT molecular complexity index is 419. The van der Waals surface area contributed by atoms with Crippen molar-refractivity contribution in [2.75, 3.05) is 6.61 Å². The van der Waals surface area contributed by atoms with E-state index in [0.29, 0.717) is 0 Å². The van der Waals surface area contributed by atoms with Crippen molar-refractivity contribution in [3.8, 4) is 0 Å². The largest absolute Gasteiger partial charge is 0.417 e. The summed E-state index contributed by atoms with van der Waals surface area (Å²) in [7, 11) is 0. The lowest BCUT2D eigenvalue weighted by molar-refractivity contribution is -0.138. The molecule has 0 spiro atoms. The number of nitrogens with one attached hydrogen (secondary N) is 1. The number of nitrogens with zero attached hydrogens (tertiary/aromatic N) is 1. The minimum atomic E-state index is -4.60. The number of aryl methyl sites for hydroxylation is 1. The van der Waals surface area contributed by atoms with Gasteiger partial charge in [0, 0.05) is 6.20 Å². The van der Waals surface area contributed by atoms with Gasteiger partial charge in [-0.3, -0.25) is 14.6 Å². The molecule has 0 radical (unpaired) electrons. The summed E-state index contributed by atoms with van der Waals surface area (Å²) in [6.07, 6.45) is -3.60. The SMILES string of the molecule is CCONC(=O)c1c(C(F)(F)F)ccnc1C. The molecule has 1 heterocycles. The number of hydrogen-bond donors (Lipinski definition) is 1. The summed E-state index contributed by atoms with van der Waals surface area (Å²) >= 11 is 0. The van der Waals surface area contributed by atoms with Crippen molar-refractivity contribution in [1.82, 2.24) is 10.5 Å². The molecule has 0 aliphatic carbocycles. The van der Waals surface area contributed by atoms with Crippen LogP contribution in [0.5, 0.6) is 0 Å². The maximum atomic E-state index is 12.7. The van der Waals surface area contributed by atoms with Crippen molar-refractivity contribution >= 4 is 5.91 Å². The minimum absolute atomic E-state index is 0.00275. The van der Waals surface area contributed by atoms with Crippen LogP contribution in [0.15, 0.2) is 12.3 Å². The molecular formula is C10H11F3N2O2. The van der Waals surface area contributed by atoms with E-state index in [1.807, 2.05) is 5.48 Å². The van der Waals surface area contributed by atoms with Gasteiger partial charge in [-0.15, -0.1) is 0 Å². The zero-order valence-corrected chi connectivity index (χ0v) is 9.26. The van der Waals surface area contributed by atoms with Crippen LogP contribution in [0.25, 0.3) is 0 Å². The number of rotatable bonds is 3. The molecule has 0 aliphatic heterocycles. The Kier molecular flexibility index (Phi) is 4.06. The molecule has 0 aromatic carbocycles. The van der Waals surface area contributed by atoms with E-state index in [1.54, 1.807) is 6.92 Å². The van der Waals surface area contributed by atoms with Crippen LogP contribution in [0.3, 0.4) is 0 Å². The quantitative estimate of drug-likeness (QED) is 0.833. The zero-order chi connectivity index (χ0) is 13.1. The molecule has 0 saturated carbocycles. The van der Waals surface area contributed by atoms with E-state index < -0.39 is 23.2 Å². The van der Waals surface area contributed by atoms with Crippen molar-refractivity contribution in [3.63, 3.8) is 0 Å². The molecule has 4 nitrogen and oxygen atoms in total. The van der Waals surface area contributed by atoms with E-state index in [9.17, 15) is 18.0 Å². The minimum Gasteiger partial charge on any atom is -0.274 e. The summed E-state index contributed by atoms with van der Waals surface area (Å²) in [5.74, 6) is -0.954. The van der Waals surface area contributed by atoms with Crippen LogP contribution in [0, 0.1) is 6.92 Å². The highest BCUT2D eigenvalue weighted by molar-refractivity contribution is 5.96. The van der Waals surface area contributed by atoms with Gasteiger partial charge >= 0.3 is 6.18 Å². The van der Waals surface area contributed by atoms with Crippen molar-refractivity contribution in [2.24, 2.45) is 0 Å². The molecule has 7 heteroatoms. The Labute approximate surface area is 95.8 Å². The second-order valence-electron chi connectivity index (χ2n) is 3.18. The topological polar surface area (TPSA) is 51.2 Å². The van der Waals surface area contributed by atoms with E-state index in [2.05, 4.69) is 9.82 Å². The fourth-order valence-corrected chi connectivity index (χ4v) is 1.28. The van der Waals surface area contributed by atoms with Crippen LogP contribution >= 0.6 is 0 Å². The first-order valence-corrected chi connectivity index (χ1v) is 4.82. The number of amides is 1. The van der Waals surface area contributed by atoms with E-state index in [-0.39, 0.29) is 12.3 Å². The molecule has 94 valence electrons. The number of pyridine rings is 1. The van der Waals surface area contributed by atoms with Crippen molar-refractivity contribution < 1.29 is 22.8 Å². The third kappa shape index (κ3) is 3.16.